The van der Waals surface area contributed by atoms with Crippen molar-refractivity contribution >= 4 is 17.5 Å². The number of carbonyl (C=O) groups excluding carboxylic acids is 2. The van der Waals surface area contributed by atoms with Gasteiger partial charge in [-0.2, -0.15) is 0 Å². The molecule has 0 bridgehead atoms. The van der Waals surface area contributed by atoms with Crippen molar-refractivity contribution in [1.82, 2.24) is 9.80 Å². The van der Waals surface area contributed by atoms with Crippen molar-refractivity contribution in [3.63, 3.8) is 0 Å². The van der Waals surface area contributed by atoms with Crippen molar-refractivity contribution in [2.45, 2.75) is 71.0 Å². The van der Waals surface area contributed by atoms with E-state index >= 15 is 0 Å². The molecular formula is C24H37N3O3. The van der Waals surface area contributed by atoms with E-state index in [1.54, 1.807) is 17.0 Å². The Bertz CT molecular complexity index is 691. The fraction of sp³-hybridized carbons (Fsp3) is 0.667. The lowest BCUT2D eigenvalue weighted by Gasteiger charge is -2.34. The number of nitrogens with zero attached hydrogens (tertiary/aromatic N) is 2. The second kappa shape index (κ2) is 11.5. The Morgan fingerprint density at radius 1 is 1.03 bits per heavy atom. The normalized spacial score (nSPS) is 18.9. The Morgan fingerprint density at radius 2 is 1.70 bits per heavy atom. The summed E-state index contributed by atoms with van der Waals surface area (Å²) in [6, 6.07) is 7.22. The van der Waals surface area contributed by atoms with Gasteiger partial charge in [-0.05, 0) is 57.7 Å². The minimum Gasteiger partial charge on any atom is -0.375 e. The van der Waals surface area contributed by atoms with Gasteiger partial charge in [-0.25, -0.2) is 0 Å². The van der Waals surface area contributed by atoms with Crippen molar-refractivity contribution in [1.29, 1.82) is 0 Å². The van der Waals surface area contributed by atoms with E-state index in [1.807, 2.05) is 26.0 Å². The summed E-state index contributed by atoms with van der Waals surface area (Å²) >= 11 is 0. The number of likely N-dealkylation sites (tertiary alicyclic amines) is 1. The monoisotopic (exact) mass is 415 g/mol. The average Bonchev–Trinajstić information content (AvgIpc) is 2.77. The molecule has 0 unspecified atom stereocenters. The highest BCUT2D eigenvalue weighted by Crippen LogP contribution is 2.24. The summed E-state index contributed by atoms with van der Waals surface area (Å²) in [5, 5.41) is 2.95. The number of hydrogen-bond donors (Lipinski definition) is 1. The molecule has 1 aromatic carbocycles. The maximum Gasteiger partial charge on any atom is 0.253 e. The zero-order valence-corrected chi connectivity index (χ0v) is 18.6. The molecule has 1 aromatic rings. The van der Waals surface area contributed by atoms with Crippen LogP contribution in [0.25, 0.3) is 0 Å². The van der Waals surface area contributed by atoms with Crippen LogP contribution in [-0.2, 0) is 9.53 Å². The number of nitrogens with one attached hydrogen (secondary N) is 1. The van der Waals surface area contributed by atoms with E-state index in [0.717, 1.165) is 25.9 Å². The number of carbonyl (C=O) groups is 2. The fourth-order valence-corrected chi connectivity index (χ4v) is 4.50. The molecule has 30 heavy (non-hydrogen) atoms. The molecule has 3 rings (SSSR count). The molecule has 1 N–H and O–H groups in total. The predicted molar refractivity (Wildman–Crippen MR) is 120 cm³/mol. The summed E-state index contributed by atoms with van der Waals surface area (Å²) in [4.78, 5) is 29.0. The van der Waals surface area contributed by atoms with Gasteiger partial charge >= 0.3 is 0 Å². The molecule has 1 aliphatic carbocycles. The first kappa shape index (κ1) is 22.8. The summed E-state index contributed by atoms with van der Waals surface area (Å²) < 4.78 is 6.29. The van der Waals surface area contributed by atoms with E-state index in [9.17, 15) is 9.59 Å². The second-order valence-corrected chi connectivity index (χ2v) is 8.48. The van der Waals surface area contributed by atoms with E-state index in [1.165, 1.54) is 32.1 Å². The van der Waals surface area contributed by atoms with Gasteiger partial charge in [0, 0.05) is 37.4 Å². The number of anilines is 1. The smallest absolute Gasteiger partial charge is 0.253 e. The molecule has 6 nitrogen and oxygen atoms in total. The van der Waals surface area contributed by atoms with E-state index in [-0.39, 0.29) is 11.8 Å². The highest BCUT2D eigenvalue weighted by molar-refractivity contribution is 5.97. The Balaban J connectivity index is 1.44. The Hall–Kier alpha value is -1.92. The lowest BCUT2D eigenvalue weighted by molar-refractivity contribution is -0.118. The predicted octanol–water partition coefficient (Wildman–Crippen LogP) is 3.92. The van der Waals surface area contributed by atoms with E-state index in [0.29, 0.717) is 43.1 Å². The number of benzene rings is 1. The van der Waals surface area contributed by atoms with Crippen molar-refractivity contribution in [2.75, 3.05) is 38.0 Å². The molecule has 2 aliphatic rings. The molecule has 1 saturated heterocycles. The molecule has 0 spiro atoms. The largest absolute Gasteiger partial charge is 0.375 e. The molecule has 166 valence electrons. The quantitative estimate of drug-likeness (QED) is 0.699. The third kappa shape index (κ3) is 6.54. The highest BCUT2D eigenvalue weighted by atomic mass is 16.5. The average molecular weight is 416 g/mol. The van der Waals surface area contributed by atoms with Crippen LogP contribution in [0.5, 0.6) is 0 Å². The minimum atomic E-state index is -0.0333. The van der Waals surface area contributed by atoms with Gasteiger partial charge in [0.15, 0.2) is 0 Å². The number of amides is 2. The maximum absolute atomic E-state index is 12.5. The third-order valence-electron chi connectivity index (χ3n) is 6.28. The van der Waals surface area contributed by atoms with Crippen LogP contribution in [0.4, 0.5) is 5.69 Å². The van der Waals surface area contributed by atoms with Crippen LogP contribution in [-0.4, -0.2) is 66.5 Å². The van der Waals surface area contributed by atoms with Crippen LogP contribution in [0.1, 0.15) is 69.2 Å². The zero-order chi connectivity index (χ0) is 21.3. The van der Waals surface area contributed by atoms with Gasteiger partial charge in [0.2, 0.25) is 5.91 Å². The van der Waals surface area contributed by atoms with Crippen molar-refractivity contribution < 1.29 is 14.3 Å². The van der Waals surface area contributed by atoms with E-state index in [2.05, 4.69) is 10.2 Å². The van der Waals surface area contributed by atoms with Gasteiger partial charge < -0.3 is 15.0 Å². The van der Waals surface area contributed by atoms with Crippen LogP contribution in [0, 0.1) is 0 Å². The van der Waals surface area contributed by atoms with Crippen molar-refractivity contribution in [3.8, 4) is 0 Å². The lowest BCUT2D eigenvalue weighted by Crippen LogP contribution is -2.42. The highest BCUT2D eigenvalue weighted by Gasteiger charge is 2.25. The van der Waals surface area contributed by atoms with Gasteiger partial charge in [-0.1, -0.05) is 25.3 Å². The van der Waals surface area contributed by atoms with Crippen LogP contribution in [0.15, 0.2) is 24.3 Å². The van der Waals surface area contributed by atoms with Gasteiger partial charge in [0.1, 0.15) is 0 Å². The molecule has 1 heterocycles. The van der Waals surface area contributed by atoms with Crippen LogP contribution in [0.2, 0.25) is 0 Å². The van der Waals surface area contributed by atoms with Crippen LogP contribution >= 0.6 is 0 Å². The first-order valence-corrected chi connectivity index (χ1v) is 11.7. The summed E-state index contributed by atoms with van der Waals surface area (Å²) in [5.74, 6) is -0.0368. The first-order valence-electron chi connectivity index (χ1n) is 11.7. The molecule has 1 aliphatic heterocycles. The summed E-state index contributed by atoms with van der Waals surface area (Å²) in [6.07, 6.45) is 9.14. The summed E-state index contributed by atoms with van der Waals surface area (Å²) in [5.41, 5.74) is 1.28. The number of rotatable bonds is 8. The third-order valence-corrected chi connectivity index (χ3v) is 6.28. The van der Waals surface area contributed by atoms with E-state index in [4.69, 9.17) is 4.74 Å². The van der Waals surface area contributed by atoms with Crippen molar-refractivity contribution in [2.24, 2.45) is 0 Å². The fourth-order valence-electron chi connectivity index (χ4n) is 4.50. The second-order valence-electron chi connectivity index (χ2n) is 8.48. The van der Waals surface area contributed by atoms with Gasteiger partial charge in [-0.3, -0.25) is 14.5 Å². The van der Waals surface area contributed by atoms with Gasteiger partial charge in [0.05, 0.1) is 18.8 Å². The first-order chi connectivity index (χ1) is 14.6. The SMILES string of the molecule is CCN(CC)C(=O)c1cccc(NC(=O)CN2CCC(OC3CCCCC3)CC2)c1. The Labute approximate surface area is 180 Å². The van der Waals surface area contributed by atoms with Crippen LogP contribution in [0.3, 0.4) is 0 Å². The topological polar surface area (TPSA) is 61.9 Å². The molecule has 0 atom stereocenters. The Kier molecular flexibility index (Phi) is 8.70. The number of ether oxygens (including phenoxy) is 1. The molecule has 2 fully saturated rings. The maximum atomic E-state index is 12.5. The van der Waals surface area contributed by atoms with E-state index < -0.39 is 0 Å². The molecule has 1 saturated carbocycles. The number of piperidine rings is 1. The standard InChI is InChI=1S/C24H37N3O3/c1-3-27(4-2)24(29)19-9-8-10-20(17-19)25-23(28)18-26-15-13-22(14-16-26)30-21-11-6-5-7-12-21/h8-10,17,21-22H,3-7,11-16,18H2,1-2H3,(H,25,28). The zero-order valence-electron chi connectivity index (χ0n) is 18.6. The molecule has 2 amide bonds. The van der Waals surface area contributed by atoms with Gasteiger partial charge in [0.25, 0.3) is 5.91 Å². The number of hydrogen-bond acceptors (Lipinski definition) is 4. The lowest BCUT2D eigenvalue weighted by atomic mass is 9.97. The van der Waals surface area contributed by atoms with Crippen LogP contribution < -0.4 is 5.32 Å². The summed E-state index contributed by atoms with van der Waals surface area (Å²) in [6.45, 7) is 7.45. The Morgan fingerprint density at radius 3 is 2.37 bits per heavy atom. The summed E-state index contributed by atoms with van der Waals surface area (Å²) in [7, 11) is 0. The molecular weight excluding hydrogens is 378 g/mol. The van der Waals surface area contributed by atoms with Crippen molar-refractivity contribution in [3.05, 3.63) is 29.8 Å². The minimum absolute atomic E-state index is 0.00358. The molecule has 6 heteroatoms. The van der Waals surface area contributed by atoms with Gasteiger partial charge in [-0.15, -0.1) is 0 Å². The molecule has 0 aromatic heterocycles. The molecule has 0 radical (unpaired) electrons.